The van der Waals surface area contributed by atoms with E-state index < -0.39 is 6.03 Å². The van der Waals surface area contributed by atoms with Crippen molar-refractivity contribution in [3.63, 3.8) is 0 Å². The van der Waals surface area contributed by atoms with Crippen LogP contribution in [0.3, 0.4) is 0 Å². The second kappa shape index (κ2) is 3.00. The highest BCUT2D eigenvalue weighted by Gasteiger charge is 2.10. The number of primary amides is 1. The fourth-order valence-corrected chi connectivity index (χ4v) is 1.22. The number of aromatic nitrogens is 2. The molecule has 0 aliphatic rings. The van der Waals surface area contributed by atoms with E-state index in [-0.39, 0.29) is 0 Å². The number of hydrazine groups is 1. The molecule has 0 unspecified atom stereocenters. The molecule has 6 nitrogen and oxygen atoms in total. The molecule has 4 N–H and O–H groups in total. The van der Waals surface area contributed by atoms with Gasteiger partial charge in [-0.15, -0.1) is 5.12 Å². The van der Waals surface area contributed by atoms with Gasteiger partial charge in [-0.05, 0) is 6.07 Å². The predicted octanol–water partition coefficient (Wildman–Crippen LogP) is -0.0733. The maximum atomic E-state index is 10.8. The summed E-state index contributed by atoms with van der Waals surface area (Å²) in [6, 6.07) is 6.60. The number of carbonyl (C=O) groups excluding carboxylic acids is 1. The van der Waals surface area contributed by atoms with Gasteiger partial charge in [0.25, 0.3) is 0 Å². The van der Waals surface area contributed by atoms with Crippen LogP contribution >= 0.6 is 0 Å². The van der Waals surface area contributed by atoms with E-state index >= 15 is 0 Å². The van der Waals surface area contributed by atoms with Crippen LogP contribution in [0.15, 0.2) is 30.5 Å². The molecule has 1 aromatic carbocycles. The monoisotopic (exact) mass is 191 g/mol. The van der Waals surface area contributed by atoms with Crippen LogP contribution in [0.5, 0.6) is 0 Å². The van der Waals surface area contributed by atoms with Crippen LogP contribution in [-0.4, -0.2) is 15.9 Å². The van der Waals surface area contributed by atoms with Gasteiger partial charge in [-0.25, -0.2) is 10.6 Å². The van der Waals surface area contributed by atoms with Crippen molar-refractivity contribution >= 4 is 16.9 Å². The summed E-state index contributed by atoms with van der Waals surface area (Å²) in [5.74, 6) is 5.41. The largest absolute Gasteiger partial charge is 0.350 e. The molecule has 14 heavy (non-hydrogen) atoms. The fourth-order valence-electron chi connectivity index (χ4n) is 1.22. The number of nitrogens with two attached hydrogens (primary N) is 2. The van der Waals surface area contributed by atoms with Crippen molar-refractivity contribution in [2.45, 2.75) is 0 Å². The molecule has 0 saturated heterocycles. The Hall–Kier alpha value is -2.08. The van der Waals surface area contributed by atoms with Gasteiger partial charge in [0.1, 0.15) is 0 Å². The quantitative estimate of drug-likeness (QED) is 0.375. The molecule has 1 aromatic heterocycles. The van der Waals surface area contributed by atoms with Crippen molar-refractivity contribution in [3.8, 4) is 0 Å². The van der Waals surface area contributed by atoms with Crippen LogP contribution in [-0.2, 0) is 0 Å². The van der Waals surface area contributed by atoms with Crippen molar-refractivity contribution < 1.29 is 4.79 Å². The summed E-state index contributed by atoms with van der Waals surface area (Å²) in [6.07, 6.45) is 1.61. The molecule has 0 fully saturated rings. The van der Waals surface area contributed by atoms with E-state index in [1.165, 1.54) is 4.79 Å². The zero-order valence-electron chi connectivity index (χ0n) is 7.29. The third-order valence-corrected chi connectivity index (χ3v) is 1.89. The Balaban J connectivity index is 2.58. The van der Waals surface area contributed by atoms with Gasteiger partial charge in [-0.1, -0.05) is 18.2 Å². The Morgan fingerprint density at radius 2 is 2.14 bits per heavy atom. The van der Waals surface area contributed by atoms with E-state index in [0.717, 1.165) is 16.0 Å². The summed E-state index contributed by atoms with van der Waals surface area (Å²) in [6.45, 7) is 0. The molecule has 2 amide bonds. The lowest BCUT2D eigenvalue weighted by Crippen LogP contribution is -2.50. The summed E-state index contributed by atoms with van der Waals surface area (Å²) < 4.78 is 0. The number of hydrogen-bond donors (Lipinski definition) is 2. The minimum Gasteiger partial charge on any atom is -0.349 e. The lowest BCUT2D eigenvalue weighted by molar-refractivity contribution is 0.248. The van der Waals surface area contributed by atoms with Gasteiger partial charge in [0.2, 0.25) is 0 Å². The van der Waals surface area contributed by atoms with Crippen molar-refractivity contribution in [2.24, 2.45) is 11.6 Å². The number of urea groups is 1. The van der Waals surface area contributed by atoms with Gasteiger partial charge in [0.15, 0.2) is 0 Å². The van der Waals surface area contributed by atoms with Crippen LogP contribution < -0.4 is 16.7 Å². The number of amides is 2. The molecular formula is C8H9N5O. The van der Waals surface area contributed by atoms with Crippen LogP contribution in [0.25, 0.3) is 10.9 Å². The van der Waals surface area contributed by atoms with Crippen molar-refractivity contribution in [3.05, 3.63) is 30.5 Å². The zero-order valence-corrected chi connectivity index (χ0v) is 7.29. The SMILES string of the molecule is NC(=O)N(N)n1ncc2ccccc21. The molecule has 0 spiro atoms. The molecule has 0 aliphatic heterocycles. The second-order valence-corrected chi connectivity index (χ2v) is 2.78. The summed E-state index contributed by atoms with van der Waals surface area (Å²) in [5.41, 5.74) is 5.75. The lowest BCUT2D eigenvalue weighted by Gasteiger charge is -2.13. The van der Waals surface area contributed by atoms with Crippen LogP contribution in [0.1, 0.15) is 0 Å². The number of benzene rings is 1. The van der Waals surface area contributed by atoms with Gasteiger partial charge in [-0.3, -0.25) is 0 Å². The molecule has 2 aromatic rings. The third-order valence-electron chi connectivity index (χ3n) is 1.89. The summed E-state index contributed by atoms with van der Waals surface area (Å²) in [4.78, 5) is 12.1. The summed E-state index contributed by atoms with van der Waals surface area (Å²) in [7, 11) is 0. The first-order chi connectivity index (χ1) is 6.70. The molecule has 0 atom stereocenters. The Labute approximate surface area is 79.6 Å². The number of carbonyl (C=O) groups is 1. The first-order valence-electron chi connectivity index (χ1n) is 3.97. The van der Waals surface area contributed by atoms with Gasteiger partial charge in [0.05, 0.1) is 11.7 Å². The normalized spacial score (nSPS) is 10.4. The molecule has 72 valence electrons. The highest BCUT2D eigenvalue weighted by Crippen LogP contribution is 2.11. The maximum absolute atomic E-state index is 10.8. The van der Waals surface area contributed by atoms with E-state index in [1.54, 1.807) is 12.3 Å². The maximum Gasteiger partial charge on any atom is 0.350 e. The number of nitrogens with zero attached hydrogens (tertiary/aromatic N) is 3. The van der Waals surface area contributed by atoms with Crippen molar-refractivity contribution in [1.82, 2.24) is 9.89 Å². The van der Waals surface area contributed by atoms with Gasteiger partial charge in [-0.2, -0.15) is 9.89 Å². The van der Waals surface area contributed by atoms with Gasteiger partial charge < -0.3 is 5.73 Å². The number of rotatable bonds is 1. The van der Waals surface area contributed by atoms with E-state index in [2.05, 4.69) is 5.10 Å². The topological polar surface area (TPSA) is 90.2 Å². The standard InChI is InChI=1S/C8H9N5O/c9-8(14)12(10)13-7-4-2-1-3-6(7)5-11-13/h1-5H,10H2,(H2,9,14). The molecule has 6 heteroatoms. The third kappa shape index (κ3) is 1.17. The lowest BCUT2D eigenvalue weighted by atomic mass is 10.3. The molecule has 1 heterocycles. The van der Waals surface area contributed by atoms with E-state index in [9.17, 15) is 4.79 Å². The minimum absolute atomic E-state index is 0.730. The second-order valence-electron chi connectivity index (χ2n) is 2.78. The molecule has 0 aliphatic carbocycles. The molecular weight excluding hydrogens is 182 g/mol. The fraction of sp³-hybridized carbons (Fsp3) is 0. The van der Waals surface area contributed by atoms with Crippen LogP contribution in [0.2, 0.25) is 0 Å². The average molecular weight is 191 g/mol. The van der Waals surface area contributed by atoms with Crippen LogP contribution in [0, 0.1) is 0 Å². The number of fused-ring (bicyclic) bond motifs is 1. The molecule has 2 rings (SSSR count). The Kier molecular flexibility index (Phi) is 1.83. The highest BCUT2D eigenvalue weighted by atomic mass is 16.2. The Bertz CT molecular complexity index is 477. The molecule has 0 bridgehead atoms. The summed E-state index contributed by atoms with van der Waals surface area (Å²) >= 11 is 0. The average Bonchev–Trinajstić information content (AvgIpc) is 2.60. The van der Waals surface area contributed by atoms with Crippen molar-refractivity contribution in [2.75, 3.05) is 5.12 Å². The molecule has 0 radical (unpaired) electrons. The van der Waals surface area contributed by atoms with E-state index in [4.69, 9.17) is 11.6 Å². The predicted molar refractivity (Wildman–Crippen MR) is 51.7 cm³/mol. The highest BCUT2D eigenvalue weighted by molar-refractivity contribution is 5.85. The first kappa shape index (κ1) is 8.52. The van der Waals surface area contributed by atoms with E-state index in [0.29, 0.717) is 0 Å². The number of para-hydroxylation sites is 1. The van der Waals surface area contributed by atoms with E-state index in [1.807, 2.05) is 18.2 Å². The van der Waals surface area contributed by atoms with Crippen molar-refractivity contribution in [1.29, 1.82) is 0 Å². The van der Waals surface area contributed by atoms with Crippen LogP contribution in [0.4, 0.5) is 4.79 Å². The molecule has 0 saturated carbocycles. The Morgan fingerprint density at radius 3 is 2.86 bits per heavy atom. The minimum atomic E-state index is -0.765. The zero-order chi connectivity index (χ0) is 10.1. The Morgan fingerprint density at radius 1 is 1.43 bits per heavy atom. The first-order valence-corrected chi connectivity index (χ1v) is 3.97. The summed E-state index contributed by atoms with van der Waals surface area (Å²) in [5, 5.41) is 5.58. The number of hydrogen-bond acceptors (Lipinski definition) is 3. The van der Waals surface area contributed by atoms with Gasteiger partial charge >= 0.3 is 6.03 Å². The smallest absolute Gasteiger partial charge is 0.349 e. The van der Waals surface area contributed by atoms with Gasteiger partial charge in [0, 0.05) is 5.39 Å².